The summed E-state index contributed by atoms with van der Waals surface area (Å²) in [5.41, 5.74) is 3.54. The van der Waals surface area contributed by atoms with Gasteiger partial charge in [-0.2, -0.15) is 0 Å². The van der Waals surface area contributed by atoms with E-state index in [1.807, 2.05) is 48.5 Å². The summed E-state index contributed by atoms with van der Waals surface area (Å²) in [6.45, 7) is 4.58. The van der Waals surface area contributed by atoms with Gasteiger partial charge in [-0.05, 0) is 48.5 Å². The van der Waals surface area contributed by atoms with Crippen molar-refractivity contribution < 1.29 is 14.7 Å². The normalized spacial score (nSPS) is 14.1. The summed E-state index contributed by atoms with van der Waals surface area (Å²) in [5, 5.41) is 9.60. The molecular weight excluding hydrogens is 450 g/mol. The van der Waals surface area contributed by atoms with E-state index in [2.05, 4.69) is 16.8 Å². The van der Waals surface area contributed by atoms with Gasteiger partial charge in [0.1, 0.15) is 0 Å². The summed E-state index contributed by atoms with van der Waals surface area (Å²) in [5.74, 6) is -1.14. The third-order valence-corrected chi connectivity index (χ3v) is 6.44. The Morgan fingerprint density at radius 2 is 1.50 bits per heavy atom. The van der Waals surface area contributed by atoms with E-state index in [9.17, 15) is 9.59 Å². The van der Waals surface area contributed by atoms with Crippen molar-refractivity contribution in [2.24, 2.45) is 0 Å². The Balaban J connectivity index is 1.57. The number of hydrogen-bond donors (Lipinski definition) is 1. The maximum absolute atomic E-state index is 13.6. The molecule has 1 saturated heterocycles. The summed E-state index contributed by atoms with van der Waals surface area (Å²) in [4.78, 5) is 31.1. The number of nitrogens with zero attached hydrogens (tertiary/aromatic N) is 3. The Morgan fingerprint density at radius 3 is 2.09 bits per heavy atom. The van der Waals surface area contributed by atoms with Crippen LogP contribution in [-0.4, -0.2) is 60.0 Å². The molecule has 1 aliphatic heterocycles. The molecular formula is C27H28ClN3O3. The summed E-state index contributed by atoms with van der Waals surface area (Å²) in [6.07, 6.45) is 0. The summed E-state index contributed by atoms with van der Waals surface area (Å²) < 4.78 is 0. The lowest BCUT2D eigenvalue weighted by Crippen LogP contribution is -2.44. The molecule has 176 valence electrons. The Morgan fingerprint density at radius 1 is 0.882 bits per heavy atom. The van der Waals surface area contributed by atoms with Crippen LogP contribution in [0.2, 0.25) is 5.02 Å². The Labute approximate surface area is 205 Å². The summed E-state index contributed by atoms with van der Waals surface area (Å²) in [6, 6.07) is 22.0. The lowest BCUT2D eigenvalue weighted by molar-refractivity contribution is 0.0693. The quantitative estimate of drug-likeness (QED) is 0.537. The van der Waals surface area contributed by atoms with Gasteiger partial charge in [0.25, 0.3) is 5.91 Å². The Kier molecular flexibility index (Phi) is 7.50. The molecule has 0 atom stereocenters. The van der Waals surface area contributed by atoms with E-state index in [0.29, 0.717) is 23.7 Å². The third kappa shape index (κ3) is 5.76. The van der Waals surface area contributed by atoms with Gasteiger partial charge in [0.2, 0.25) is 0 Å². The molecule has 0 aromatic heterocycles. The summed E-state index contributed by atoms with van der Waals surface area (Å²) in [7, 11) is 2.11. The Bertz CT molecular complexity index is 1140. The van der Waals surface area contributed by atoms with E-state index in [0.717, 1.165) is 43.0 Å². The number of benzene rings is 3. The number of likely N-dealkylation sites (N-methyl/N-ethyl adjacent to an activating group) is 1. The molecule has 1 heterocycles. The minimum Gasteiger partial charge on any atom is -0.478 e. The predicted molar refractivity (Wildman–Crippen MR) is 135 cm³/mol. The van der Waals surface area contributed by atoms with Crippen LogP contribution in [0.25, 0.3) is 0 Å². The van der Waals surface area contributed by atoms with Crippen LogP contribution in [0.3, 0.4) is 0 Å². The number of halogens is 1. The van der Waals surface area contributed by atoms with E-state index in [1.165, 1.54) is 0 Å². The molecule has 3 aromatic rings. The van der Waals surface area contributed by atoms with Crippen molar-refractivity contribution in [3.63, 3.8) is 0 Å². The van der Waals surface area contributed by atoms with Crippen molar-refractivity contribution in [3.05, 3.63) is 100 Å². The molecule has 7 heteroatoms. The van der Waals surface area contributed by atoms with Crippen molar-refractivity contribution in [3.8, 4) is 0 Å². The van der Waals surface area contributed by atoms with Crippen LogP contribution >= 0.6 is 11.6 Å². The smallest absolute Gasteiger partial charge is 0.335 e. The molecule has 3 aromatic carbocycles. The topological polar surface area (TPSA) is 64.1 Å². The number of carbonyl (C=O) groups is 2. The molecule has 1 N–H and O–H groups in total. The molecule has 34 heavy (non-hydrogen) atoms. The first-order chi connectivity index (χ1) is 16.4. The zero-order valence-corrected chi connectivity index (χ0v) is 19.9. The molecule has 1 aliphatic rings. The second kappa shape index (κ2) is 10.7. The van der Waals surface area contributed by atoms with Gasteiger partial charge < -0.3 is 19.8 Å². The van der Waals surface area contributed by atoms with Crippen LogP contribution < -0.4 is 4.90 Å². The number of carboxylic acids is 1. The van der Waals surface area contributed by atoms with Crippen molar-refractivity contribution in [2.75, 3.05) is 38.1 Å². The highest BCUT2D eigenvalue weighted by molar-refractivity contribution is 6.34. The van der Waals surface area contributed by atoms with Crippen molar-refractivity contribution in [1.29, 1.82) is 0 Å². The number of carboxylic acid groups (broad SMARTS) is 1. The minimum absolute atomic E-state index is 0.166. The van der Waals surface area contributed by atoms with Gasteiger partial charge >= 0.3 is 5.97 Å². The molecule has 0 radical (unpaired) electrons. The fraction of sp³-hybridized carbons (Fsp3) is 0.259. The first kappa shape index (κ1) is 23.8. The van der Waals surface area contributed by atoms with Crippen LogP contribution in [0.5, 0.6) is 0 Å². The standard InChI is InChI=1S/C27H28ClN3O3/c1-29-13-15-30(16-14-29)23-11-12-24(25(28)17-23)26(32)31(18-20-5-3-2-4-6-20)19-21-7-9-22(10-8-21)27(33)34/h2-12,17H,13-16,18-19H2,1H3,(H,33,34). The van der Waals surface area contributed by atoms with E-state index in [-0.39, 0.29) is 11.5 Å². The minimum atomic E-state index is -0.976. The lowest BCUT2D eigenvalue weighted by atomic mass is 10.1. The van der Waals surface area contributed by atoms with Crippen LogP contribution in [0.15, 0.2) is 72.8 Å². The Hall–Kier alpha value is -3.35. The SMILES string of the molecule is CN1CCN(c2ccc(C(=O)N(Cc3ccccc3)Cc3ccc(C(=O)O)cc3)c(Cl)c2)CC1. The van der Waals surface area contributed by atoms with Gasteiger partial charge in [-0.1, -0.05) is 54.1 Å². The predicted octanol–water partition coefficient (Wildman–Crippen LogP) is 4.63. The molecule has 0 saturated carbocycles. The van der Waals surface area contributed by atoms with E-state index in [4.69, 9.17) is 16.7 Å². The highest BCUT2D eigenvalue weighted by Gasteiger charge is 2.21. The average molecular weight is 478 g/mol. The van der Waals surface area contributed by atoms with Crippen LogP contribution in [-0.2, 0) is 13.1 Å². The zero-order chi connectivity index (χ0) is 24.1. The zero-order valence-electron chi connectivity index (χ0n) is 19.2. The van der Waals surface area contributed by atoms with Crippen molar-refractivity contribution >= 4 is 29.2 Å². The van der Waals surface area contributed by atoms with Crippen molar-refractivity contribution in [2.45, 2.75) is 13.1 Å². The summed E-state index contributed by atoms with van der Waals surface area (Å²) >= 11 is 6.63. The monoisotopic (exact) mass is 477 g/mol. The molecule has 0 bridgehead atoms. The maximum Gasteiger partial charge on any atom is 0.335 e. The van der Waals surface area contributed by atoms with E-state index in [1.54, 1.807) is 29.2 Å². The molecule has 4 rings (SSSR count). The molecule has 0 aliphatic carbocycles. The van der Waals surface area contributed by atoms with Crippen LogP contribution in [0.4, 0.5) is 5.69 Å². The van der Waals surface area contributed by atoms with Crippen LogP contribution in [0, 0.1) is 0 Å². The number of aromatic carboxylic acids is 1. The van der Waals surface area contributed by atoms with E-state index < -0.39 is 5.97 Å². The highest BCUT2D eigenvalue weighted by Crippen LogP contribution is 2.27. The number of hydrogen-bond acceptors (Lipinski definition) is 4. The van der Waals surface area contributed by atoms with Gasteiger partial charge in [-0.25, -0.2) is 4.79 Å². The number of carbonyl (C=O) groups excluding carboxylic acids is 1. The van der Waals surface area contributed by atoms with Crippen molar-refractivity contribution in [1.82, 2.24) is 9.80 Å². The first-order valence-electron chi connectivity index (χ1n) is 11.3. The van der Waals surface area contributed by atoms with Gasteiger partial charge in [0.05, 0.1) is 16.1 Å². The fourth-order valence-corrected chi connectivity index (χ4v) is 4.34. The van der Waals surface area contributed by atoms with Gasteiger partial charge in [0, 0.05) is 45.0 Å². The number of amides is 1. The first-order valence-corrected chi connectivity index (χ1v) is 11.7. The van der Waals surface area contributed by atoms with E-state index >= 15 is 0 Å². The fourth-order valence-electron chi connectivity index (χ4n) is 4.09. The largest absolute Gasteiger partial charge is 0.478 e. The van der Waals surface area contributed by atoms with Gasteiger partial charge in [-0.3, -0.25) is 4.79 Å². The molecule has 0 spiro atoms. The number of piperazine rings is 1. The van der Waals surface area contributed by atoms with Gasteiger partial charge in [0.15, 0.2) is 0 Å². The maximum atomic E-state index is 13.6. The molecule has 1 fully saturated rings. The average Bonchev–Trinajstić information content (AvgIpc) is 2.84. The molecule has 0 unspecified atom stereocenters. The second-order valence-corrected chi connectivity index (χ2v) is 9.01. The number of rotatable bonds is 7. The second-order valence-electron chi connectivity index (χ2n) is 8.60. The molecule has 1 amide bonds. The highest BCUT2D eigenvalue weighted by atomic mass is 35.5. The third-order valence-electron chi connectivity index (χ3n) is 6.13. The lowest BCUT2D eigenvalue weighted by Gasteiger charge is -2.34. The molecule has 6 nitrogen and oxygen atoms in total. The number of anilines is 1. The van der Waals surface area contributed by atoms with Crippen LogP contribution in [0.1, 0.15) is 31.8 Å². The van der Waals surface area contributed by atoms with Gasteiger partial charge in [-0.15, -0.1) is 0 Å².